The van der Waals surface area contributed by atoms with Crippen LogP contribution in [0.4, 0.5) is 0 Å². The Hall–Kier alpha value is -0.530. The molecule has 1 fully saturated rings. The smallest absolute Gasteiger partial charge is 0.223 e. The van der Waals surface area contributed by atoms with Gasteiger partial charge in [0.2, 0.25) is 5.91 Å². The van der Waals surface area contributed by atoms with E-state index >= 15 is 0 Å². The largest absolute Gasteiger partial charge is 0.352 e. The number of carbonyl (C=O) groups excluding carboxylic acids is 1. The van der Waals surface area contributed by atoms with E-state index in [0.29, 0.717) is 5.92 Å². The first-order chi connectivity index (χ1) is 8.07. The topological polar surface area (TPSA) is 29.1 Å². The van der Waals surface area contributed by atoms with E-state index in [0.717, 1.165) is 19.3 Å². The van der Waals surface area contributed by atoms with Crippen LogP contribution in [0.25, 0.3) is 0 Å². The van der Waals surface area contributed by atoms with Gasteiger partial charge in [-0.15, -0.1) is 0 Å². The first-order valence-electron chi connectivity index (χ1n) is 7.37. The molecule has 1 N–H and O–H groups in total. The van der Waals surface area contributed by atoms with Crippen molar-refractivity contribution in [3.8, 4) is 0 Å². The van der Waals surface area contributed by atoms with E-state index in [-0.39, 0.29) is 28.7 Å². The van der Waals surface area contributed by atoms with E-state index < -0.39 is 0 Å². The molecule has 0 spiro atoms. The summed E-state index contributed by atoms with van der Waals surface area (Å²) in [6.45, 7) is 15.8. The average molecular weight is 253 g/mol. The predicted octanol–water partition coefficient (Wildman–Crippen LogP) is 4.00. The summed E-state index contributed by atoms with van der Waals surface area (Å²) in [6.07, 6.45) is 3.16. The number of piperidine rings is 1. The molecule has 2 heteroatoms. The van der Waals surface area contributed by atoms with Gasteiger partial charge in [0.15, 0.2) is 0 Å². The van der Waals surface area contributed by atoms with E-state index in [4.69, 9.17) is 0 Å². The molecule has 0 bridgehead atoms. The molecule has 0 aromatic carbocycles. The third kappa shape index (κ3) is 3.49. The SMILES string of the molecule is CCCC1CC(C(C)(C)C)C(C(C)(C)C)NC1=O. The number of nitrogens with one attached hydrogen (secondary N) is 1. The van der Waals surface area contributed by atoms with Crippen molar-refractivity contribution in [1.82, 2.24) is 5.32 Å². The van der Waals surface area contributed by atoms with Crippen LogP contribution in [0.5, 0.6) is 0 Å². The highest BCUT2D eigenvalue weighted by Crippen LogP contribution is 2.43. The first-order valence-corrected chi connectivity index (χ1v) is 7.37. The Morgan fingerprint density at radius 2 is 1.67 bits per heavy atom. The molecule has 18 heavy (non-hydrogen) atoms. The third-order valence-corrected chi connectivity index (χ3v) is 4.29. The maximum absolute atomic E-state index is 12.2. The summed E-state index contributed by atoms with van der Waals surface area (Å²) in [4.78, 5) is 12.2. The lowest BCUT2D eigenvalue weighted by molar-refractivity contribution is -0.133. The molecule has 3 unspecified atom stereocenters. The van der Waals surface area contributed by atoms with Crippen LogP contribution in [0.3, 0.4) is 0 Å². The zero-order valence-electron chi connectivity index (χ0n) is 13.3. The third-order valence-electron chi connectivity index (χ3n) is 4.29. The Balaban J connectivity index is 2.96. The van der Waals surface area contributed by atoms with E-state index in [1.54, 1.807) is 0 Å². The molecule has 0 saturated carbocycles. The van der Waals surface area contributed by atoms with Crippen molar-refractivity contribution in [2.75, 3.05) is 0 Å². The Morgan fingerprint density at radius 1 is 1.11 bits per heavy atom. The lowest BCUT2D eigenvalue weighted by Crippen LogP contribution is -2.58. The first kappa shape index (κ1) is 15.5. The van der Waals surface area contributed by atoms with Gasteiger partial charge in [-0.25, -0.2) is 0 Å². The monoisotopic (exact) mass is 253 g/mol. The Morgan fingerprint density at radius 3 is 2.06 bits per heavy atom. The van der Waals surface area contributed by atoms with E-state index in [9.17, 15) is 4.79 Å². The van der Waals surface area contributed by atoms with Gasteiger partial charge in [0.1, 0.15) is 0 Å². The molecular weight excluding hydrogens is 222 g/mol. The number of carbonyl (C=O) groups is 1. The van der Waals surface area contributed by atoms with Gasteiger partial charge in [-0.3, -0.25) is 4.79 Å². The summed E-state index contributed by atoms with van der Waals surface area (Å²) in [5.74, 6) is 1.06. The highest BCUT2D eigenvalue weighted by Gasteiger charge is 2.45. The molecule has 1 saturated heterocycles. The molecule has 0 aromatic rings. The minimum absolute atomic E-state index is 0.130. The summed E-state index contributed by atoms with van der Waals surface area (Å²) in [5.41, 5.74) is 0.377. The summed E-state index contributed by atoms with van der Waals surface area (Å²) < 4.78 is 0. The van der Waals surface area contributed by atoms with Crippen molar-refractivity contribution in [2.24, 2.45) is 22.7 Å². The second-order valence-electron chi connectivity index (χ2n) is 8.05. The van der Waals surface area contributed by atoms with Crippen LogP contribution < -0.4 is 5.32 Å². The molecule has 1 amide bonds. The van der Waals surface area contributed by atoms with Crippen molar-refractivity contribution in [2.45, 2.75) is 73.8 Å². The van der Waals surface area contributed by atoms with Crippen LogP contribution >= 0.6 is 0 Å². The molecule has 0 aromatic heterocycles. The number of amides is 1. The van der Waals surface area contributed by atoms with Gasteiger partial charge >= 0.3 is 0 Å². The summed E-state index contributed by atoms with van der Waals surface area (Å²) in [5, 5.41) is 3.31. The van der Waals surface area contributed by atoms with E-state index in [2.05, 4.69) is 53.8 Å². The molecular formula is C16H31NO. The lowest BCUT2D eigenvalue weighted by atomic mass is 9.63. The standard InChI is InChI=1S/C16H31NO/c1-8-9-11-10-12(15(2,3)4)13(16(5,6)7)17-14(11)18/h11-13H,8-10H2,1-7H3,(H,17,18). The molecule has 1 rings (SSSR count). The van der Waals surface area contributed by atoms with Gasteiger partial charge in [-0.1, -0.05) is 54.9 Å². The number of hydrogen-bond acceptors (Lipinski definition) is 1. The molecule has 1 heterocycles. The predicted molar refractivity (Wildman–Crippen MR) is 77.3 cm³/mol. The number of hydrogen-bond donors (Lipinski definition) is 1. The van der Waals surface area contributed by atoms with Crippen molar-refractivity contribution in [3.63, 3.8) is 0 Å². The molecule has 3 atom stereocenters. The fourth-order valence-electron chi connectivity index (χ4n) is 3.19. The highest BCUT2D eigenvalue weighted by atomic mass is 16.2. The Bertz CT molecular complexity index is 295. The fourth-order valence-corrected chi connectivity index (χ4v) is 3.19. The van der Waals surface area contributed by atoms with E-state index in [1.807, 2.05) is 0 Å². The zero-order valence-corrected chi connectivity index (χ0v) is 13.3. The molecule has 106 valence electrons. The zero-order chi connectivity index (χ0) is 14.1. The van der Waals surface area contributed by atoms with Crippen LogP contribution in [0, 0.1) is 22.7 Å². The van der Waals surface area contributed by atoms with Crippen molar-refractivity contribution < 1.29 is 4.79 Å². The molecule has 0 aliphatic carbocycles. The maximum Gasteiger partial charge on any atom is 0.223 e. The Kier molecular flexibility index (Phi) is 4.51. The molecule has 2 nitrogen and oxygen atoms in total. The van der Waals surface area contributed by atoms with Crippen molar-refractivity contribution in [3.05, 3.63) is 0 Å². The summed E-state index contributed by atoms with van der Waals surface area (Å²) in [7, 11) is 0. The van der Waals surface area contributed by atoms with Crippen molar-refractivity contribution in [1.29, 1.82) is 0 Å². The van der Waals surface area contributed by atoms with Gasteiger partial charge in [-0.2, -0.15) is 0 Å². The van der Waals surface area contributed by atoms with Crippen LogP contribution in [-0.2, 0) is 4.79 Å². The molecule has 1 aliphatic heterocycles. The normalized spacial score (nSPS) is 30.2. The van der Waals surface area contributed by atoms with E-state index in [1.165, 1.54) is 0 Å². The van der Waals surface area contributed by atoms with Gasteiger partial charge in [0, 0.05) is 12.0 Å². The van der Waals surface area contributed by atoms with Crippen molar-refractivity contribution >= 4 is 5.91 Å². The van der Waals surface area contributed by atoms with Crippen LogP contribution in [0.2, 0.25) is 0 Å². The van der Waals surface area contributed by atoms with Crippen LogP contribution in [0.15, 0.2) is 0 Å². The molecule has 1 aliphatic rings. The second kappa shape index (κ2) is 5.22. The maximum atomic E-state index is 12.2. The Labute approximate surface area is 113 Å². The summed E-state index contributed by atoms with van der Waals surface area (Å²) in [6, 6.07) is 0.290. The van der Waals surface area contributed by atoms with Crippen LogP contribution in [-0.4, -0.2) is 11.9 Å². The van der Waals surface area contributed by atoms with Gasteiger partial charge in [0.05, 0.1) is 0 Å². The van der Waals surface area contributed by atoms with Gasteiger partial charge < -0.3 is 5.32 Å². The highest BCUT2D eigenvalue weighted by molar-refractivity contribution is 5.80. The average Bonchev–Trinajstić information content (AvgIpc) is 2.17. The van der Waals surface area contributed by atoms with Gasteiger partial charge in [0.25, 0.3) is 0 Å². The second-order valence-corrected chi connectivity index (χ2v) is 8.05. The minimum atomic E-state index is 0.130. The fraction of sp³-hybridized carbons (Fsp3) is 0.938. The number of rotatable bonds is 2. The van der Waals surface area contributed by atoms with Crippen LogP contribution in [0.1, 0.15) is 67.7 Å². The van der Waals surface area contributed by atoms with Gasteiger partial charge in [-0.05, 0) is 29.6 Å². The quantitative estimate of drug-likeness (QED) is 0.792. The lowest BCUT2D eigenvalue weighted by Gasteiger charge is -2.48. The minimum Gasteiger partial charge on any atom is -0.352 e. The summed E-state index contributed by atoms with van der Waals surface area (Å²) >= 11 is 0. The molecule has 0 radical (unpaired) electrons.